The van der Waals surface area contributed by atoms with Crippen molar-refractivity contribution < 1.29 is 19.1 Å². The van der Waals surface area contributed by atoms with Crippen molar-refractivity contribution in [2.45, 2.75) is 58.9 Å². The summed E-state index contributed by atoms with van der Waals surface area (Å²) < 4.78 is 6.88. The lowest BCUT2D eigenvalue weighted by atomic mass is 9.99. The number of ether oxygens (including phenoxy) is 1. The number of rotatable bonds is 12. The van der Waals surface area contributed by atoms with Gasteiger partial charge in [0.2, 0.25) is 11.8 Å². The molecule has 1 aliphatic rings. The Balaban J connectivity index is 1.24. The minimum absolute atomic E-state index is 0.0620. The van der Waals surface area contributed by atoms with Crippen molar-refractivity contribution in [3.63, 3.8) is 0 Å². The van der Waals surface area contributed by atoms with E-state index < -0.39 is 12.0 Å². The summed E-state index contributed by atoms with van der Waals surface area (Å²) in [7, 11) is 1.33. The van der Waals surface area contributed by atoms with Gasteiger partial charge in [0.05, 0.1) is 24.8 Å². The summed E-state index contributed by atoms with van der Waals surface area (Å²) in [5, 5.41) is 16.2. The number of benzene rings is 2. The number of nitrogens with two attached hydrogens (primary N) is 1. The largest absolute Gasteiger partial charge is 0.465 e. The van der Waals surface area contributed by atoms with E-state index in [1.165, 1.54) is 12.0 Å². The Morgan fingerprint density at radius 3 is 2.53 bits per heavy atom. The first kappa shape index (κ1) is 34.0. The summed E-state index contributed by atoms with van der Waals surface area (Å²) in [6.07, 6.45) is 1.99. The fourth-order valence-corrected chi connectivity index (χ4v) is 6.90. The number of aliphatic imine (C=N–C) groups is 1. The number of carbonyl (C=O) groups excluding carboxylic acids is 3. The van der Waals surface area contributed by atoms with Crippen molar-refractivity contribution in [3.8, 4) is 5.00 Å². The Hall–Kier alpha value is -4.39. The highest BCUT2D eigenvalue weighted by Crippen LogP contribution is 2.39. The van der Waals surface area contributed by atoms with Crippen LogP contribution in [0.5, 0.6) is 0 Å². The maximum Gasteiger partial charge on any atom is 0.338 e. The summed E-state index contributed by atoms with van der Waals surface area (Å²) in [6, 6.07) is 12.1. The molecule has 1 aliphatic heterocycles. The molecule has 0 bridgehead atoms. The molecule has 11 nitrogen and oxygen atoms in total. The van der Waals surface area contributed by atoms with Crippen LogP contribution in [0.25, 0.3) is 5.00 Å². The van der Waals surface area contributed by atoms with Gasteiger partial charge >= 0.3 is 5.97 Å². The number of anilines is 1. The summed E-state index contributed by atoms with van der Waals surface area (Å²) in [5.74, 6) is 0.489. The van der Waals surface area contributed by atoms with Gasteiger partial charge in [-0.15, -0.1) is 21.5 Å². The molecule has 13 heteroatoms. The number of esters is 1. The fourth-order valence-electron chi connectivity index (χ4n) is 5.56. The van der Waals surface area contributed by atoms with Gasteiger partial charge in [-0.25, -0.2) is 4.79 Å². The van der Waals surface area contributed by atoms with Crippen molar-refractivity contribution in [3.05, 3.63) is 91.8 Å². The van der Waals surface area contributed by atoms with Crippen LogP contribution in [0.1, 0.15) is 80.9 Å². The molecular weight excluding hydrogens is 638 g/mol. The first-order valence-corrected chi connectivity index (χ1v) is 16.6. The van der Waals surface area contributed by atoms with Crippen LogP contribution in [0, 0.1) is 20.8 Å². The number of hydrogen-bond acceptors (Lipinski definition) is 9. The molecule has 2 aromatic carbocycles. The molecule has 5 rings (SSSR count). The van der Waals surface area contributed by atoms with E-state index in [0.29, 0.717) is 54.4 Å². The van der Waals surface area contributed by atoms with Gasteiger partial charge in [-0.3, -0.25) is 19.1 Å². The number of nitrogens with zero attached hydrogens (tertiary/aromatic N) is 4. The minimum Gasteiger partial charge on any atom is -0.465 e. The molecule has 0 spiro atoms. The van der Waals surface area contributed by atoms with Gasteiger partial charge in [-0.1, -0.05) is 23.7 Å². The number of thiophene rings is 1. The molecular formula is C34H38ClN7O4S. The number of nitrogens with one attached hydrogen (secondary N) is 2. The molecule has 4 N–H and O–H groups in total. The zero-order valence-corrected chi connectivity index (χ0v) is 28.4. The number of halogens is 1. The van der Waals surface area contributed by atoms with Gasteiger partial charge in [0.1, 0.15) is 16.9 Å². The van der Waals surface area contributed by atoms with Gasteiger partial charge in [0.25, 0.3) is 0 Å². The SMILES string of the molecule is COC(=O)c1ccc(NC(=O)CCCNC(=O)C[C@@H]2N=C(c3ccc(Cl)cc3)c3c(sc(C)c3C)-n3c(C)nnc32)cc1CCCN. The van der Waals surface area contributed by atoms with Gasteiger partial charge in [0.15, 0.2) is 5.82 Å². The molecule has 47 heavy (non-hydrogen) atoms. The Bertz CT molecular complexity index is 1830. The van der Waals surface area contributed by atoms with Crippen molar-refractivity contribution in [2.75, 3.05) is 25.5 Å². The van der Waals surface area contributed by atoms with E-state index in [2.05, 4.69) is 34.7 Å². The zero-order chi connectivity index (χ0) is 33.7. The molecule has 246 valence electrons. The average molecular weight is 676 g/mol. The summed E-state index contributed by atoms with van der Waals surface area (Å²) >= 11 is 7.85. The standard InChI is InChI=1S/C34H38ClN7O4S/c1-19-20(2)47-33-30(19)31(22-9-11-24(35)12-10-22)39-27(32-41-40-21(3)42(32)33)18-29(44)37-16-6-8-28(43)38-25-13-14-26(34(45)46-4)23(17-25)7-5-15-36/h9-14,17,27H,5-8,15-16,18,36H2,1-4H3,(H,37,44)(H,38,43)/t27-/m0/s1. The smallest absolute Gasteiger partial charge is 0.338 e. The molecule has 4 aromatic rings. The maximum atomic E-state index is 13.2. The van der Waals surface area contributed by atoms with Crippen LogP contribution in [-0.4, -0.2) is 58.5 Å². The minimum atomic E-state index is -0.578. The molecule has 3 heterocycles. The molecule has 0 fully saturated rings. The first-order chi connectivity index (χ1) is 22.6. The Labute approximate surface area is 282 Å². The van der Waals surface area contributed by atoms with E-state index in [4.69, 9.17) is 27.1 Å². The number of amides is 2. The van der Waals surface area contributed by atoms with Gasteiger partial charge in [-0.05, 0) is 88.0 Å². The predicted octanol–water partition coefficient (Wildman–Crippen LogP) is 5.40. The number of aryl methyl sites for hydroxylation is 3. The Kier molecular flexibility index (Phi) is 10.8. The lowest BCUT2D eigenvalue weighted by Gasteiger charge is -2.13. The second-order valence-corrected chi connectivity index (χ2v) is 13.0. The third kappa shape index (κ3) is 7.61. The molecule has 0 radical (unpaired) electrons. The highest BCUT2D eigenvalue weighted by Gasteiger charge is 2.32. The van der Waals surface area contributed by atoms with Crippen molar-refractivity contribution in [1.29, 1.82) is 0 Å². The third-order valence-electron chi connectivity index (χ3n) is 8.08. The zero-order valence-electron chi connectivity index (χ0n) is 26.9. The third-order valence-corrected chi connectivity index (χ3v) is 9.53. The normalized spacial score (nSPS) is 13.7. The van der Waals surface area contributed by atoms with Crippen molar-refractivity contribution in [2.24, 2.45) is 10.7 Å². The van der Waals surface area contributed by atoms with Crippen molar-refractivity contribution >= 4 is 52.1 Å². The molecule has 2 amide bonds. The average Bonchev–Trinajstić information content (AvgIpc) is 3.53. The van der Waals surface area contributed by atoms with Gasteiger partial charge in [-0.2, -0.15) is 0 Å². The maximum absolute atomic E-state index is 13.2. The molecule has 2 aromatic heterocycles. The van der Waals surface area contributed by atoms with E-state index in [1.54, 1.807) is 29.5 Å². The van der Waals surface area contributed by atoms with Crippen molar-refractivity contribution in [1.82, 2.24) is 20.1 Å². The van der Waals surface area contributed by atoms with Gasteiger partial charge in [0, 0.05) is 39.7 Å². The van der Waals surface area contributed by atoms with Crippen LogP contribution in [0.15, 0.2) is 47.5 Å². The second kappa shape index (κ2) is 15.0. The summed E-state index contributed by atoms with van der Waals surface area (Å²) in [6.45, 7) is 6.85. The monoisotopic (exact) mass is 675 g/mol. The molecule has 0 saturated heterocycles. The molecule has 1 atom stereocenters. The highest BCUT2D eigenvalue weighted by molar-refractivity contribution is 7.15. The highest BCUT2D eigenvalue weighted by atomic mass is 35.5. The predicted molar refractivity (Wildman–Crippen MR) is 184 cm³/mol. The number of hydrogen-bond donors (Lipinski definition) is 3. The van der Waals surface area contributed by atoms with E-state index in [0.717, 1.165) is 38.8 Å². The van der Waals surface area contributed by atoms with E-state index in [9.17, 15) is 14.4 Å². The number of fused-ring (bicyclic) bond motifs is 3. The van der Waals surface area contributed by atoms with Crippen LogP contribution in [0.4, 0.5) is 5.69 Å². The van der Waals surface area contributed by atoms with Crippen LogP contribution in [0.3, 0.4) is 0 Å². The summed E-state index contributed by atoms with van der Waals surface area (Å²) in [4.78, 5) is 44.4. The lowest BCUT2D eigenvalue weighted by molar-refractivity contribution is -0.122. The first-order valence-electron chi connectivity index (χ1n) is 15.5. The molecule has 0 saturated carbocycles. The Morgan fingerprint density at radius 1 is 1.04 bits per heavy atom. The number of carbonyl (C=O) groups is 3. The number of methoxy groups -OCH3 is 1. The topological polar surface area (TPSA) is 154 Å². The summed E-state index contributed by atoms with van der Waals surface area (Å²) in [5.41, 5.74) is 11.2. The Morgan fingerprint density at radius 2 is 1.81 bits per heavy atom. The van der Waals surface area contributed by atoms with Crippen LogP contribution in [-0.2, 0) is 20.7 Å². The van der Waals surface area contributed by atoms with E-state index >= 15 is 0 Å². The molecule has 0 aliphatic carbocycles. The van der Waals surface area contributed by atoms with Crippen LogP contribution >= 0.6 is 22.9 Å². The van der Waals surface area contributed by atoms with Gasteiger partial charge < -0.3 is 21.1 Å². The van der Waals surface area contributed by atoms with E-state index in [-0.39, 0.29) is 24.7 Å². The number of aromatic nitrogens is 3. The van der Waals surface area contributed by atoms with E-state index in [1.807, 2.05) is 35.8 Å². The molecule has 0 unspecified atom stereocenters. The van der Waals surface area contributed by atoms with Crippen LogP contribution < -0.4 is 16.4 Å². The van der Waals surface area contributed by atoms with Crippen LogP contribution in [0.2, 0.25) is 5.02 Å². The second-order valence-electron chi connectivity index (χ2n) is 11.4. The quantitative estimate of drug-likeness (QED) is 0.134. The fraction of sp³-hybridized carbons (Fsp3) is 0.353. The lowest BCUT2D eigenvalue weighted by Crippen LogP contribution is -2.27.